The molecule has 0 aliphatic carbocycles. The van der Waals surface area contributed by atoms with Gasteiger partial charge in [-0.15, -0.1) is 0 Å². The minimum Gasteiger partial charge on any atom is -0.744 e. The molecule has 4 aromatic rings. The minimum atomic E-state index is -4.47. The molecule has 0 spiro atoms. The largest absolute Gasteiger partial charge is 2.00 e. The number of hydrogen-bond acceptors (Lipinski definition) is 6. The van der Waals surface area contributed by atoms with Gasteiger partial charge in [0.1, 0.15) is 20.2 Å². The average molecular weight is 791 g/mol. The van der Waals surface area contributed by atoms with E-state index in [1.807, 2.05) is 12.1 Å². The monoisotopic (exact) mass is 790 g/mol. The molecule has 53 heavy (non-hydrogen) atoms. The summed E-state index contributed by atoms with van der Waals surface area (Å²) in [7, 11) is -8.95. The van der Waals surface area contributed by atoms with E-state index in [4.69, 9.17) is 0 Å². The van der Waals surface area contributed by atoms with Crippen LogP contribution >= 0.6 is 0 Å². The molecule has 4 aromatic carbocycles. The SMILES string of the molecule is CCCCCCc1ccc2c(S(=O)(=O)[O-])cc(CCCCCC)cc2c1.CCCCCCc1ccc2c(S(=O)(=O)[O-])cc(CCCCCC)cc2c1.[Ca+2]. The maximum absolute atomic E-state index is 11.7. The standard InChI is InChI=1S/2C22H32O3S.Ca/c2*1-3-5-7-9-11-18-13-14-21-20(15-18)16-19(12-10-8-6-4-2)17-22(21)26(23,24)25;/h2*13-17H,3-12H2,1-2H3,(H,23,24,25);/q;;+2/p-2. The zero-order valence-corrected chi connectivity index (χ0v) is 36.7. The number of rotatable bonds is 22. The molecule has 0 saturated carbocycles. The van der Waals surface area contributed by atoms with Crippen molar-refractivity contribution in [2.45, 2.75) is 166 Å². The van der Waals surface area contributed by atoms with Crippen LogP contribution in [-0.4, -0.2) is 63.7 Å². The summed E-state index contributed by atoms with van der Waals surface area (Å²) in [6.07, 6.45) is 22.3. The smallest absolute Gasteiger partial charge is 0.744 e. The van der Waals surface area contributed by atoms with Crippen LogP contribution in [0, 0.1) is 0 Å². The number of fused-ring (bicyclic) bond motifs is 2. The zero-order valence-electron chi connectivity index (χ0n) is 32.9. The second-order valence-corrected chi connectivity index (χ2v) is 17.1. The molecule has 0 unspecified atom stereocenters. The van der Waals surface area contributed by atoms with Gasteiger partial charge >= 0.3 is 37.7 Å². The van der Waals surface area contributed by atoms with Gasteiger partial charge in [-0.05, 0) is 107 Å². The summed E-state index contributed by atoms with van der Waals surface area (Å²) in [5.74, 6) is 0. The Morgan fingerprint density at radius 1 is 0.396 bits per heavy atom. The van der Waals surface area contributed by atoms with Crippen LogP contribution < -0.4 is 0 Å². The van der Waals surface area contributed by atoms with E-state index in [0.29, 0.717) is 10.8 Å². The van der Waals surface area contributed by atoms with E-state index >= 15 is 0 Å². The number of benzene rings is 4. The summed E-state index contributed by atoms with van der Waals surface area (Å²) in [5, 5.41) is 2.85. The van der Waals surface area contributed by atoms with Gasteiger partial charge in [-0.1, -0.05) is 153 Å². The van der Waals surface area contributed by atoms with Gasteiger partial charge in [0.05, 0.1) is 9.79 Å². The van der Waals surface area contributed by atoms with E-state index < -0.39 is 20.2 Å². The molecule has 0 radical (unpaired) electrons. The quantitative estimate of drug-likeness (QED) is 0.0445. The van der Waals surface area contributed by atoms with E-state index in [1.165, 1.54) is 75.3 Å². The Kier molecular flexibility index (Phi) is 22.4. The van der Waals surface area contributed by atoms with Gasteiger partial charge in [0, 0.05) is 0 Å². The molecule has 0 atom stereocenters. The van der Waals surface area contributed by atoms with Crippen LogP contribution in [0.4, 0.5) is 0 Å². The third kappa shape index (κ3) is 16.6. The van der Waals surface area contributed by atoms with Gasteiger partial charge in [-0.3, -0.25) is 0 Å². The van der Waals surface area contributed by atoms with Gasteiger partial charge in [-0.2, -0.15) is 0 Å². The summed E-state index contributed by atoms with van der Waals surface area (Å²) in [6, 6.07) is 18.9. The Balaban J connectivity index is 0.000000360. The van der Waals surface area contributed by atoms with Crippen molar-refractivity contribution in [2.75, 3.05) is 0 Å². The van der Waals surface area contributed by atoms with E-state index in [0.717, 1.165) is 86.1 Å². The first-order valence-corrected chi connectivity index (χ1v) is 22.8. The molecule has 6 nitrogen and oxygen atoms in total. The Morgan fingerprint density at radius 2 is 0.679 bits per heavy atom. The third-order valence-electron chi connectivity index (χ3n) is 9.89. The van der Waals surface area contributed by atoms with Crippen molar-refractivity contribution in [1.82, 2.24) is 0 Å². The van der Waals surface area contributed by atoms with Gasteiger partial charge in [0.2, 0.25) is 0 Å². The summed E-state index contributed by atoms with van der Waals surface area (Å²) >= 11 is 0. The molecule has 0 aromatic heterocycles. The molecule has 0 amide bonds. The van der Waals surface area contributed by atoms with E-state index in [-0.39, 0.29) is 47.5 Å². The Labute approximate surface area is 351 Å². The molecule has 0 aliphatic heterocycles. The maximum Gasteiger partial charge on any atom is 2.00 e. The fourth-order valence-electron chi connectivity index (χ4n) is 6.92. The van der Waals surface area contributed by atoms with Crippen molar-refractivity contribution >= 4 is 79.5 Å². The minimum absolute atomic E-state index is 0. The van der Waals surface area contributed by atoms with Gasteiger partial charge < -0.3 is 9.11 Å². The van der Waals surface area contributed by atoms with Crippen molar-refractivity contribution in [1.29, 1.82) is 0 Å². The van der Waals surface area contributed by atoms with Crippen molar-refractivity contribution < 1.29 is 25.9 Å². The van der Waals surface area contributed by atoms with Crippen molar-refractivity contribution in [3.63, 3.8) is 0 Å². The first kappa shape index (κ1) is 47.6. The molecule has 0 aliphatic rings. The van der Waals surface area contributed by atoms with E-state index in [1.54, 1.807) is 24.3 Å². The fourth-order valence-corrected chi connectivity index (χ4v) is 8.43. The van der Waals surface area contributed by atoms with E-state index in [9.17, 15) is 25.9 Å². The van der Waals surface area contributed by atoms with Crippen LogP contribution in [0.15, 0.2) is 70.5 Å². The number of hydrogen-bond donors (Lipinski definition) is 0. The predicted molar refractivity (Wildman–Crippen MR) is 221 cm³/mol. The maximum atomic E-state index is 11.7. The molecule has 0 saturated heterocycles. The summed E-state index contributed by atoms with van der Waals surface area (Å²) in [5.41, 5.74) is 4.33. The summed E-state index contributed by atoms with van der Waals surface area (Å²) in [4.78, 5) is -0.143. The van der Waals surface area contributed by atoms with Crippen LogP contribution in [0.2, 0.25) is 0 Å². The molecule has 0 bridgehead atoms. The summed E-state index contributed by atoms with van der Waals surface area (Å²) in [6.45, 7) is 8.73. The molecular weight excluding hydrogens is 729 g/mol. The number of unbranched alkanes of at least 4 members (excludes halogenated alkanes) is 12. The molecule has 288 valence electrons. The molecule has 4 rings (SSSR count). The first-order chi connectivity index (χ1) is 24.9. The topological polar surface area (TPSA) is 114 Å². The van der Waals surface area contributed by atoms with Crippen LogP contribution in [0.5, 0.6) is 0 Å². The van der Waals surface area contributed by atoms with Gasteiger partial charge in [0.15, 0.2) is 0 Å². The van der Waals surface area contributed by atoms with Crippen LogP contribution in [-0.2, 0) is 45.9 Å². The average Bonchev–Trinajstić information content (AvgIpc) is 3.11. The van der Waals surface area contributed by atoms with Crippen LogP contribution in [0.3, 0.4) is 0 Å². The Bertz CT molecular complexity index is 1750. The van der Waals surface area contributed by atoms with Gasteiger partial charge in [0.25, 0.3) is 0 Å². The number of aryl methyl sites for hydroxylation is 4. The molecular formula is C44H62CaO6S2. The van der Waals surface area contributed by atoms with Crippen molar-refractivity contribution in [2.24, 2.45) is 0 Å². The Morgan fingerprint density at radius 3 is 0.962 bits per heavy atom. The zero-order chi connectivity index (χ0) is 38.0. The molecule has 0 fully saturated rings. The van der Waals surface area contributed by atoms with Gasteiger partial charge in [-0.25, -0.2) is 16.8 Å². The molecule has 0 heterocycles. The summed E-state index contributed by atoms with van der Waals surface area (Å²) < 4.78 is 70.5. The van der Waals surface area contributed by atoms with E-state index in [2.05, 4.69) is 52.0 Å². The second-order valence-electron chi connectivity index (χ2n) is 14.4. The Hall–Kier alpha value is -1.52. The first-order valence-electron chi connectivity index (χ1n) is 19.9. The molecule has 9 heteroatoms. The van der Waals surface area contributed by atoms with Crippen molar-refractivity contribution in [3.8, 4) is 0 Å². The molecule has 0 N–H and O–H groups in total. The van der Waals surface area contributed by atoms with Crippen LogP contribution in [0.25, 0.3) is 21.5 Å². The third-order valence-corrected chi connectivity index (χ3v) is 11.6. The van der Waals surface area contributed by atoms with Crippen LogP contribution in [0.1, 0.15) is 153 Å². The van der Waals surface area contributed by atoms with Crippen molar-refractivity contribution in [3.05, 3.63) is 82.9 Å². The fraction of sp³-hybridized carbons (Fsp3) is 0.545. The normalized spacial score (nSPS) is 11.7. The predicted octanol–water partition coefficient (Wildman–Crippen LogP) is 11.6. The second kappa shape index (κ2) is 24.9.